The number of nitrogens with two attached hydrogens (primary N) is 2. The molecule has 3 fully saturated rings. The standard InChI is InChI=1S/C62H92N12O26/c1-4-9-28(10-5-2)58(94)95-24-36-51(100-60-49(87)46(84)44(82)35(23-77)98-60)47(85)50(88)59(99-36)96-29-15-13-26(14-16-29)17-30-53(90)72-39(41(79)31-18-66-61(63)70-31)56(93)73-40(42(80)33-19-67-62(64)74(33)57-48(86)45(83)43(81)34(22-76)97-57)55(92)69-32(21-75)52(89)65-20-37(78)71-38(54(91)68-30)25(3)27-11-7-6-8-12-27/h6-8,11-16,25,28,30-36,38-51,57,59-60,75-77,79-88H,4-5,9-10,17-24H2,1-3H3,(H11,63,64,65,66,67,68,69,70,71,72,73,78,89,90,91,92,93)/p+2/t25-,30-,31+,32?,33+,34+,35+,36-,38-,39+,40-,41-,42-,43+,44+,45+,46+,47+,48+,49+,50-,51+,57-,59-,60+/m1/s1. The largest absolute Gasteiger partial charge is 0.858 e. The van der Waals surface area contributed by atoms with Crippen molar-refractivity contribution in [2.24, 2.45) is 22.4 Å². The van der Waals surface area contributed by atoms with E-state index in [1.54, 1.807) is 37.3 Å². The Balaban J connectivity index is 1.13. The highest BCUT2D eigenvalue weighted by Gasteiger charge is 2.55. The third-order valence-electron chi connectivity index (χ3n) is 18.4. The highest BCUT2D eigenvalue weighted by molar-refractivity contribution is 5.97. The molecular formula is C62H94N12O26+2. The molecule has 100 heavy (non-hydrogen) atoms. The molecular weight excluding hydrogens is 1330 g/mol. The number of amides is 4. The molecule has 0 radical (unpaired) electrons. The van der Waals surface area contributed by atoms with Crippen molar-refractivity contribution in [3.63, 3.8) is 0 Å². The summed E-state index contributed by atoms with van der Waals surface area (Å²) in [7, 11) is 0. The Labute approximate surface area is 572 Å². The van der Waals surface area contributed by atoms with E-state index < -0.39 is 246 Å². The minimum atomic E-state index is -2.31. The summed E-state index contributed by atoms with van der Waals surface area (Å²) in [4.78, 5) is 82.8. The molecule has 0 bridgehead atoms. The van der Waals surface area contributed by atoms with Gasteiger partial charge in [0.25, 0.3) is 0 Å². The first-order chi connectivity index (χ1) is 47.6. The first-order valence-electron chi connectivity index (χ1n) is 32.9. The normalized spacial score (nSPS) is 35.2. The molecule has 2 aromatic carbocycles. The van der Waals surface area contributed by atoms with Crippen molar-refractivity contribution in [2.75, 3.05) is 46.1 Å². The first-order valence-corrected chi connectivity index (χ1v) is 32.9. The maximum Gasteiger partial charge on any atom is 0.358 e. The fourth-order valence-corrected chi connectivity index (χ4v) is 12.6. The van der Waals surface area contributed by atoms with Gasteiger partial charge in [0.05, 0.1) is 32.3 Å². The summed E-state index contributed by atoms with van der Waals surface area (Å²) >= 11 is 0. The van der Waals surface area contributed by atoms with Crippen molar-refractivity contribution >= 4 is 53.3 Å². The fraction of sp³-hybridized carbons (Fsp3) is 0.661. The number of hydrogen-bond donors (Lipinski definition) is 24. The Bertz CT molecular complexity index is 3210. The number of nitrogens with one attached hydrogen (secondary N) is 8. The van der Waals surface area contributed by atoms with Crippen molar-refractivity contribution in [3.05, 3.63) is 65.7 Å². The molecule has 8 rings (SSSR count). The second-order valence-corrected chi connectivity index (χ2v) is 25.4. The van der Waals surface area contributed by atoms with Gasteiger partial charge in [-0.25, -0.2) is 9.57 Å². The Morgan fingerprint density at radius 2 is 1.28 bits per heavy atom. The van der Waals surface area contributed by atoms with Crippen molar-refractivity contribution < 1.29 is 144 Å². The van der Waals surface area contributed by atoms with Crippen LogP contribution in [-0.4, -0.2) is 322 Å². The molecule has 0 spiro atoms. The van der Waals surface area contributed by atoms with E-state index >= 15 is 9.59 Å². The lowest BCUT2D eigenvalue weighted by molar-refractivity contribution is -0.663. The van der Waals surface area contributed by atoms with E-state index in [1.165, 1.54) is 24.3 Å². The zero-order valence-corrected chi connectivity index (χ0v) is 54.9. The Hall–Kier alpha value is -7.61. The van der Waals surface area contributed by atoms with Crippen LogP contribution in [0.25, 0.3) is 0 Å². The predicted octanol–water partition coefficient (Wildman–Crippen LogP) is -14.9. The average molecular weight is 1420 g/mol. The van der Waals surface area contributed by atoms with Crippen LogP contribution in [0.2, 0.25) is 0 Å². The zero-order valence-electron chi connectivity index (χ0n) is 54.9. The number of esters is 1. The maximum absolute atomic E-state index is 15.3. The van der Waals surface area contributed by atoms with Gasteiger partial charge in [-0.15, -0.1) is 0 Å². The minimum absolute atomic E-state index is 0.0795. The molecule has 2 aromatic rings. The molecule has 0 aromatic heterocycles. The summed E-state index contributed by atoms with van der Waals surface area (Å²) in [6, 6.07) is 1.01. The molecule has 6 aliphatic heterocycles. The van der Waals surface area contributed by atoms with E-state index in [0.29, 0.717) is 31.2 Å². The molecule has 0 saturated carbocycles. The van der Waals surface area contributed by atoms with Crippen molar-refractivity contribution in [3.8, 4) is 5.75 Å². The second kappa shape index (κ2) is 35.3. The van der Waals surface area contributed by atoms with Gasteiger partial charge in [-0.1, -0.05) is 76.1 Å². The number of rotatable bonds is 23. The second-order valence-electron chi connectivity index (χ2n) is 25.4. The lowest BCUT2D eigenvalue weighted by Gasteiger charge is -2.46. The smallest absolute Gasteiger partial charge is 0.358 e. The van der Waals surface area contributed by atoms with E-state index in [0.717, 1.165) is 4.58 Å². The SMILES string of the molecule is CCCC(CCC)C(=O)OC[C@H]1O[C@@H](Oc2ccc(C[C@H]3NC(=O)[C@@H]([C@H](C)c4ccccc4)N=C([O-])C[NH+]=C(O)C(CO)NC(=O)[C@@H]([C@H](O)[C@@H]4CNC(N)=[N+]4[C@@H]4O[C@@H](CO)[C@H](O)[C@H](O)[C@@H]4O)NC(=O)[C@H]([C@H](O)[C@@H]4C[NH+]=C(N)N4)NC3=O)cc2)[C@H](O)[C@H](O)[C@H]1O[C@@H]1O[C@@H](CO)[C@H](O)[C@H](O)[C@@H]1O. The molecule has 3 saturated heterocycles. The maximum atomic E-state index is 15.3. The van der Waals surface area contributed by atoms with Gasteiger partial charge in [0.15, 0.2) is 18.9 Å². The zero-order chi connectivity index (χ0) is 73.0. The van der Waals surface area contributed by atoms with Crippen LogP contribution < -0.4 is 63.2 Å². The van der Waals surface area contributed by atoms with Crippen LogP contribution in [0.3, 0.4) is 0 Å². The first kappa shape index (κ1) is 78.1. The minimum Gasteiger partial charge on any atom is -0.858 e. The molecule has 38 nitrogen and oxygen atoms in total. The average Bonchev–Trinajstić information content (AvgIpc) is 1.41. The van der Waals surface area contributed by atoms with Crippen molar-refractivity contribution in [2.45, 2.75) is 205 Å². The van der Waals surface area contributed by atoms with Gasteiger partial charge in [0.2, 0.25) is 36.1 Å². The Morgan fingerprint density at radius 1 is 0.690 bits per heavy atom. The van der Waals surface area contributed by atoms with Crippen LogP contribution in [0.15, 0.2) is 59.6 Å². The van der Waals surface area contributed by atoms with Gasteiger partial charge < -0.3 is 126 Å². The van der Waals surface area contributed by atoms with Crippen molar-refractivity contribution in [1.29, 1.82) is 0 Å². The highest BCUT2D eigenvalue weighted by Crippen LogP contribution is 2.33. The summed E-state index contributed by atoms with van der Waals surface area (Å²) in [5.41, 5.74) is 13.0. The summed E-state index contributed by atoms with van der Waals surface area (Å²) in [6.07, 6.45) is -29.7. The van der Waals surface area contributed by atoms with Crippen LogP contribution in [0.5, 0.6) is 5.75 Å². The number of carbonyl (C=O) groups excluding carboxylic acids is 5. The molecule has 6 aliphatic rings. The van der Waals surface area contributed by atoms with Crippen LogP contribution in [0.4, 0.5) is 0 Å². The fourth-order valence-electron chi connectivity index (χ4n) is 12.6. The molecule has 1 unspecified atom stereocenters. The number of carbonyl (C=O) groups is 5. The third kappa shape index (κ3) is 18.4. The molecule has 25 atom stereocenters. The lowest BCUT2D eigenvalue weighted by Crippen LogP contribution is -2.80. The molecule has 4 amide bonds. The number of benzene rings is 2. The van der Waals surface area contributed by atoms with Gasteiger partial charge in [0.1, 0.15) is 141 Å². The number of hydrogen-bond acceptors (Lipinski definition) is 30. The summed E-state index contributed by atoms with van der Waals surface area (Å²) < 4.78 is 36.0. The van der Waals surface area contributed by atoms with E-state index in [2.05, 4.69) is 46.9 Å². The number of aliphatic imine (C=N–C) groups is 1. The van der Waals surface area contributed by atoms with Crippen LogP contribution >= 0.6 is 0 Å². The van der Waals surface area contributed by atoms with Gasteiger partial charge in [-0.05, 0) is 36.1 Å². The van der Waals surface area contributed by atoms with E-state index in [1.807, 2.05) is 13.8 Å². The van der Waals surface area contributed by atoms with E-state index in [4.69, 9.17) is 39.9 Å². The summed E-state index contributed by atoms with van der Waals surface area (Å²) in [5, 5.41) is 183. The van der Waals surface area contributed by atoms with Crippen LogP contribution in [0, 0.1) is 5.92 Å². The number of ether oxygens (including phenoxy) is 6. The molecule has 556 valence electrons. The van der Waals surface area contributed by atoms with E-state index in [9.17, 15) is 91.0 Å². The van der Waals surface area contributed by atoms with Gasteiger partial charge >= 0.3 is 23.8 Å². The van der Waals surface area contributed by atoms with Crippen molar-refractivity contribution in [1.82, 2.24) is 31.9 Å². The van der Waals surface area contributed by atoms with Gasteiger partial charge in [-0.3, -0.25) is 56.1 Å². The summed E-state index contributed by atoms with van der Waals surface area (Å²) in [6.45, 7) is 0.347. The van der Waals surface area contributed by atoms with Gasteiger partial charge in [-0.2, -0.15) is 0 Å². The number of aliphatic hydroxyl groups is 14. The quantitative estimate of drug-likeness (QED) is 0.0363. The molecule has 0 aliphatic carbocycles. The Morgan fingerprint density at radius 3 is 1.90 bits per heavy atom. The number of nitrogens with zero attached hydrogens (tertiary/aromatic N) is 2. The lowest BCUT2D eigenvalue weighted by atomic mass is 9.92. The molecule has 6 heterocycles. The molecule has 26 N–H and O–H groups in total. The topological polar surface area (TPSA) is 615 Å². The monoisotopic (exact) mass is 1420 g/mol. The summed E-state index contributed by atoms with van der Waals surface area (Å²) in [5.74, 6) is -9.75. The van der Waals surface area contributed by atoms with Crippen LogP contribution in [-0.2, 0) is 54.1 Å². The van der Waals surface area contributed by atoms with Gasteiger partial charge in [0, 0.05) is 18.2 Å². The third-order valence-corrected chi connectivity index (χ3v) is 18.4. The number of guanidine groups is 2. The van der Waals surface area contributed by atoms with E-state index in [-0.39, 0.29) is 29.8 Å². The van der Waals surface area contributed by atoms with Crippen LogP contribution in [0.1, 0.15) is 63.5 Å². The highest BCUT2D eigenvalue weighted by atomic mass is 16.7. The number of aliphatic hydroxyl groups excluding tert-OH is 14. The Kier molecular flexibility index (Phi) is 27.6. The predicted molar refractivity (Wildman–Crippen MR) is 338 cm³/mol. The molecule has 38 heteroatoms.